The zero-order chi connectivity index (χ0) is 11.9. The van der Waals surface area contributed by atoms with E-state index in [0.717, 1.165) is 24.0 Å². The summed E-state index contributed by atoms with van der Waals surface area (Å²) in [6.07, 6.45) is 1.55. The molecule has 88 valence electrons. The molecule has 0 amide bonds. The van der Waals surface area contributed by atoms with Crippen molar-refractivity contribution in [3.63, 3.8) is 0 Å². The molecule has 1 aliphatic carbocycles. The summed E-state index contributed by atoms with van der Waals surface area (Å²) in [6.45, 7) is 3.87. The van der Waals surface area contributed by atoms with E-state index >= 15 is 0 Å². The van der Waals surface area contributed by atoms with Gasteiger partial charge in [0.25, 0.3) is 0 Å². The Hall–Kier alpha value is -1.03. The van der Waals surface area contributed by atoms with E-state index in [1.165, 1.54) is 7.11 Å². The lowest BCUT2D eigenvalue weighted by atomic mass is 10.1. The fourth-order valence-electron chi connectivity index (χ4n) is 1.70. The van der Waals surface area contributed by atoms with Crippen molar-refractivity contribution in [2.75, 3.05) is 7.11 Å². The van der Waals surface area contributed by atoms with Gasteiger partial charge >= 0.3 is 0 Å². The maximum atomic E-state index is 12.2. The van der Waals surface area contributed by atoms with Crippen molar-refractivity contribution < 1.29 is 13.2 Å². The predicted molar refractivity (Wildman–Crippen MR) is 62.7 cm³/mol. The van der Waals surface area contributed by atoms with Gasteiger partial charge in [-0.2, -0.15) is 0 Å². The van der Waals surface area contributed by atoms with Crippen molar-refractivity contribution in [3.8, 4) is 5.75 Å². The van der Waals surface area contributed by atoms with Crippen LogP contribution in [0.5, 0.6) is 5.75 Å². The second-order valence-electron chi connectivity index (χ2n) is 4.33. The summed E-state index contributed by atoms with van der Waals surface area (Å²) < 4.78 is 29.5. The molecule has 1 saturated carbocycles. The Kier molecular flexibility index (Phi) is 2.70. The minimum absolute atomic E-state index is 0.191. The van der Waals surface area contributed by atoms with Gasteiger partial charge in [-0.1, -0.05) is 0 Å². The molecule has 1 fully saturated rings. The van der Waals surface area contributed by atoms with Crippen molar-refractivity contribution in [3.05, 3.63) is 23.3 Å². The molecule has 3 nitrogen and oxygen atoms in total. The van der Waals surface area contributed by atoms with Crippen LogP contribution < -0.4 is 4.74 Å². The van der Waals surface area contributed by atoms with Crippen molar-refractivity contribution >= 4 is 9.84 Å². The van der Waals surface area contributed by atoms with Crippen LogP contribution >= 0.6 is 0 Å². The predicted octanol–water partition coefficient (Wildman–Crippen LogP) is 2.25. The topological polar surface area (TPSA) is 43.4 Å². The fourth-order valence-corrected chi connectivity index (χ4v) is 3.58. The highest BCUT2D eigenvalue weighted by Gasteiger charge is 2.38. The third-order valence-corrected chi connectivity index (χ3v) is 5.33. The standard InChI is InChI=1S/C12H16O3S/c1-8-6-11(15-3)12(7-9(8)2)16(13,14)10-4-5-10/h6-7,10H,4-5H2,1-3H3. The fraction of sp³-hybridized carbons (Fsp3) is 0.500. The molecule has 1 aliphatic rings. The van der Waals surface area contributed by atoms with E-state index in [1.54, 1.807) is 12.1 Å². The molecule has 0 atom stereocenters. The molecule has 1 aromatic carbocycles. The summed E-state index contributed by atoms with van der Waals surface area (Å²) >= 11 is 0. The molecule has 1 aromatic rings. The first-order valence-corrected chi connectivity index (χ1v) is 6.90. The molecule has 0 saturated heterocycles. The van der Waals surface area contributed by atoms with Crippen LogP contribution in [0.15, 0.2) is 17.0 Å². The van der Waals surface area contributed by atoms with Crippen LogP contribution in [0.4, 0.5) is 0 Å². The van der Waals surface area contributed by atoms with E-state index in [1.807, 2.05) is 13.8 Å². The minimum atomic E-state index is -3.17. The molecular weight excluding hydrogens is 224 g/mol. The van der Waals surface area contributed by atoms with E-state index in [9.17, 15) is 8.42 Å². The highest BCUT2D eigenvalue weighted by atomic mass is 32.2. The Morgan fingerprint density at radius 2 is 1.75 bits per heavy atom. The SMILES string of the molecule is COc1cc(C)c(C)cc1S(=O)(=O)C1CC1. The van der Waals surface area contributed by atoms with E-state index in [4.69, 9.17) is 4.74 Å². The monoisotopic (exact) mass is 240 g/mol. The second kappa shape index (κ2) is 3.77. The Labute approximate surface area is 96.4 Å². The van der Waals surface area contributed by atoms with Crippen LogP contribution in [0.25, 0.3) is 0 Å². The molecule has 0 heterocycles. The zero-order valence-corrected chi connectivity index (χ0v) is 10.6. The molecular formula is C12H16O3S. The van der Waals surface area contributed by atoms with Gasteiger partial charge in [0.15, 0.2) is 9.84 Å². The summed E-state index contributed by atoms with van der Waals surface area (Å²) in [6, 6.07) is 3.52. The smallest absolute Gasteiger partial charge is 0.184 e. The third-order valence-electron chi connectivity index (χ3n) is 3.05. The van der Waals surface area contributed by atoms with E-state index in [2.05, 4.69) is 0 Å². The van der Waals surface area contributed by atoms with E-state index in [0.29, 0.717) is 10.6 Å². The van der Waals surface area contributed by atoms with Crippen LogP contribution in [0.2, 0.25) is 0 Å². The average Bonchev–Trinajstić information content (AvgIpc) is 3.04. The van der Waals surface area contributed by atoms with Gasteiger partial charge in [0, 0.05) is 0 Å². The molecule has 2 rings (SSSR count). The van der Waals surface area contributed by atoms with Gasteiger partial charge < -0.3 is 4.74 Å². The largest absolute Gasteiger partial charge is 0.495 e. The molecule has 0 aromatic heterocycles. The minimum Gasteiger partial charge on any atom is -0.495 e. The lowest BCUT2D eigenvalue weighted by Crippen LogP contribution is -2.09. The lowest BCUT2D eigenvalue weighted by molar-refractivity contribution is 0.402. The first kappa shape index (κ1) is 11.5. The maximum Gasteiger partial charge on any atom is 0.184 e. The summed E-state index contributed by atoms with van der Waals surface area (Å²) in [7, 11) is -1.66. The number of aryl methyl sites for hydroxylation is 2. The first-order chi connectivity index (χ1) is 7.46. The van der Waals surface area contributed by atoms with Gasteiger partial charge in [-0.25, -0.2) is 8.42 Å². The molecule has 0 spiro atoms. The van der Waals surface area contributed by atoms with Gasteiger partial charge in [-0.15, -0.1) is 0 Å². The molecule has 0 unspecified atom stereocenters. The van der Waals surface area contributed by atoms with Crippen molar-refractivity contribution in [1.82, 2.24) is 0 Å². The van der Waals surface area contributed by atoms with Gasteiger partial charge in [-0.3, -0.25) is 0 Å². The highest BCUT2D eigenvalue weighted by Crippen LogP contribution is 2.38. The number of ether oxygens (including phenoxy) is 1. The number of hydrogen-bond donors (Lipinski definition) is 0. The number of hydrogen-bond acceptors (Lipinski definition) is 3. The van der Waals surface area contributed by atoms with Crippen LogP contribution in [0.1, 0.15) is 24.0 Å². The van der Waals surface area contributed by atoms with Crippen LogP contribution in [-0.4, -0.2) is 20.8 Å². The summed E-state index contributed by atoms with van der Waals surface area (Å²) in [4.78, 5) is 0.348. The summed E-state index contributed by atoms with van der Waals surface area (Å²) in [5.74, 6) is 0.468. The van der Waals surface area contributed by atoms with E-state index in [-0.39, 0.29) is 5.25 Å². The number of methoxy groups -OCH3 is 1. The quantitative estimate of drug-likeness (QED) is 0.814. The Bertz CT molecular complexity index is 513. The molecule has 0 N–H and O–H groups in total. The third kappa shape index (κ3) is 1.82. The normalized spacial score (nSPS) is 16.2. The molecule has 0 bridgehead atoms. The molecule has 16 heavy (non-hydrogen) atoms. The first-order valence-electron chi connectivity index (χ1n) is 5.36. The lowest BCUT2D eigenvalue weighted by Gasteiger charge is -2.11. The van der Waals surface area contributed by atoms with Crippen LogP contribution in [0.3, 0.4) is 0 Å². The maximum absolute atomic E-state index is 12.2. The molecule has 0 radical (unpaired) electrons. The number of benzene rings is 1. The van der Waals surface area contributed by atoms with Crippen molar-refractivity contribution in [2.24, 2.45) is 0 Å². The molecule has 0 aliphatic heterocycles. The summed E-state index contributed by atoms with van der Waals surface area (Å²) in [5.41, 5.74) is 2.03. The van der Waals surface area contributed by atoms with Crippen LogP contribution in [-0.2, 0) is 9.84 Å². The number of rotatable bonds is 3. The zero-order valence-electron chi connectivity index (χ0n) is 9.78. The second-order valence-corrected chi connectivity index (χ2v) is 6.53. The van der Waals surface area contributed by atoms with Crippen molar-refractivity contribution in [1.29, 1.82) is 0 Å². The average molecular weight is 240 g/mol. The van der Waals surface area contributed by atoms with Gasteiger partial charge in [0.2, 0.25) is 0 Å². The number of sulfone groups is 1. The Balaban J connectivity index is 2.59. The van der Waals surface area contributed by atoms with Gasteiger partial charge in [0.05, 0.1) is 12.4 Å². The van der Waals surface area contributed by atoms with Crippen LogP contribution in [0, 0.1) is 13.8 Å². The Morgan fingerprint density at radius 3 is 2.25 bits per heavy atom. The van der Waals surface area contributed by atoms with Gasteiger partial charge in [0.1, 0.15) is 10.6 Å². The highest BCUT2D eigenvalue weighted by molar-refractivity contribution is 7.92. The van der Waals surface area contributed by atoms with Gasteiger partial charge in [-0.05, 0) is 49.9 Å². The Morgan fingerprint density at radius 1 is 1.19 bits per heavy atom. The molecule has 4 heteroatoms. The van der Waals surface area contributed by atoms with E-state index < -0.39 is 9.84 Å². The summed E-state index contributed by atoms with van der Waals surface area (Å²) in [5, 5.41) is -0.191. The van der Waals surface area contributed by atoms with Crippen molar-refractivity contribution in [2.45, 2.75) is 36.8 Å².